The van der Waals surface area contributed by atoms with Gasteiger partial charge in [-0.25, -0.2) is 0 Å². The quantitative estimate of drug-likeness (QED) is 0.431. The summed E-state index contributed by atoms with van der Waals surface area (Å²) in [5.41, 5.74) is 9.41. The van der Waals surface area contributed by atoms with Crippen LogP contribution in [0, 0.1) is 5.92 Å². The summed E-state index contributed by atoms with van der Waals surface area (Å²) in [4.78, 5) is 33.1. The summed E-state index contributed by atoms with van der Waals surface area (Å²) >= 11 is 0. The Morgan fingerprint density at radius 2 is 1.76 bits per heavy atom. The van der Waals surface area contributed by atoms with Crippen LogP contribution in [0.4, 0.5) is 0 Å². The molecule has 0 aromatic heterocycles. The third-order valence-electron chi connectivity index (χ3n) is 1.84. The summed E-state index contributed by atoms with van der Waals surface area (Å²) in [6.07, 6.45) is -0.375. The van der Waals surface area contributed by atoms with Crippen molar-refractivity contribution in [1.82, 2.24) is 0 Å². The number of hydrogen-bond donors (Lipinski definition) is 3. The van der Waals surface area contributed by atoms with Crippen molar-refractivity contribution in [2.75, 3.05) is 0 Å². The molecule has 0 fully saturated rings. The van der Waals surface area contributed by atoms with E-state index in [0.717, 1.165) is 0 Å². The van der Waals surface area contributed by atoms with Crippen LogP contribution in [0.25, 0.3) is 0 Å². The highest BCUT2D eigenvalue weighted by molar-refractivity contribution is 5.95. The number of hydrogen-bond acceptors (Lipinski definition) is 5. The highest BCUT2D eigenvalue weighted by atomic mass is 16.6. The lowest BCUT2D eigenvalue weighted by molar-refractivity contribution is -0.167. The van der Waals surface area contributed by atoms with Crippen LogP contribution in [0.5, 0.6) is 0 Å². The van der Waals surface area contributed by atoms with Gasteiger partial charge in [0, 0.05) is 0 Å². The number of ether oxygens (including phenoxy) is 1. The molecule has 0 rings (SSSR count). The van der Waals surface area contributed by atoms with E-state index in [1.807, 2.05) is 0 Å². The summed E-state index contributed by atoms with van der Waals surface area (Å²) in [7, 11) is 0. The number of rotatable bonds is 5. The molecule has 7 heteroatoms. The number of carboxylic acids is 1. The van der Waals surface area contributed by atoms with Crippen molar-refractivity contribution in [3.63, 3.8) is 0 Å². The van der Waals surface area contributed by atoms with Crippen molar-refractivity contribution in [2.24, 2.45) is 17.4 Å². The number of aliphatic carboxylic acids is 1. The normalized spacial score (nSPS) is 14.8. The van der Waals surface area contributed by atoms with Crippen molar-refractivity contribution in [2.45, 2.75) is 38.8 Å². The largest absolute Gasteiger partial charge is 0.481 e. The summed E-state index contributed by atoms with van der Waals surface area (Å²) < 4.78 is 4.91. The Hall–Kier alpha value is -1.63. The lowest BCUT2D eigenvalue weighted by Crippen LogP contribution is -2.42. The van der Waals surface area contributed by atoms with Crippen molar-refractivity contribution < 1.29 is 24.2 Å². The molecular weight excluding hydrogens is 228 g/mol. The summed E-state index contributed by atoms with van der Waals surface area (Å²) in [6, 6.07) is -1.19. The van der Waals surface area contributed by atoms with E-state index in [9.17, 15) is 14.4 Å². The van der Waals surface area contributed by atoms with Gasteiger partial charge in [-0.15, -0.1) is 0 Å². The lowest BCUT2D eigenvalue weighted by Gasteiger charge is -2.22. The zero-order chi connectivity index (χ0) is 13.8. The molecule has 2 atom stereocenters. The standard InChI is InChI=1S/C10H18N2O5/c1-10(2,3)17-9(16)5(8(14)15)4-6(11)7(12)13/h5-6H,4,11H2,1-3H3,(H2,12,13)(H,14,15)/t5?,6-/m1/s1. The highest BCUT2D eigenvalue weighted by Crippen LogP contribution is 2.15. The molecule has 0 bridgehead atoms. The molecule has 7 nitrogen and oxygen atoms in total. The maximum atomic E-state index is 11.5. The summed E-state index contributed by atoms with van der Waals surface area (Å²) in [5.74, 6) is -4.67. The zero-order valence-corrected chi connectivity index (χ0v) is 10.1. The van der Waals surface area contributed by atoms with Crippen LogP contribution in [-0.4, -0.2) is 34.6 Å². The molecule has 98 valence electrons. The number of carbonyl (C=O) groups is 3. The summed E-state index contributed by atoms with van der Waals surface area (Å²) in [6.45, 7) is 4.83. The molecule has 0 spiro atoms. The van der Waals surface area contributed by atoms with E-state index in [-0.39, 0.29) is 6.42 Å². The SMILES string of the molecule is CC(C)(C)OC(=O)C(C[C@@H](N)C(N)=O)C(=O)O. The number of esters is 1. The molecule has 0 aliphatic heterocycles. The Morgan fingerprint density at radius 1 is 1.29 bits per heavy atom. The second-order valence-electron chi connectivity index (χ2n) is 4.67. The second-order valence-corrected chi connectivity index (χ2v) is 4.67. The van der Waals surface area contributed by atoms with Crippen molar-refractivity contribution in [3.05, 3.63) is 0 Å². The lowest BCUT2D eigenvalue weighted by atomic mass is 10.00. The van der Waals surface area contributed by atoms with E-state index < -0.39 is 35.4 Å². The first-order valence-electron chi connectivity index (χ1n) is 5.05. The molecule has 0 aromatic carbocycles. The molecule has 5 N–H and O–H groups in total. The van der Waals surface area contributed by atoms with E-state index in [2.05, 4.69) is 0 Å². The van der Waals surface area contributed by atoms with Gasteiger partial charge in [0.2, 0.25) is 5.91 Å². The van der Waals surface area contributed by atoms with Gasteiger partial charge in [0.05, 0.1) is 6.04 Å². The summed E-state index contributed by atoms with van der Waals surface area (Å²) in [5, 5.41) is 8.86. The predicted octanol–water partition coefficient (Wildman–Crippen LogP) is -0.768. The fraction of sp³-hybridized carbons (Fsp3) is 0.700. The van der Waals surface area contributed by atoms with Crippen LogP contribution in [0.15, 0.2) is 0 Å². The molecule has 1 amide bonds. The number of amides is 1. The van der Waals surface area contributed by atoms with Crippen molar-refractivity contribution >= 4 is 17.8 Å². The minimum absolute atomic E-state index is 0.375. The molecule has 0 saturated heterocycles. The van der Waals surface area contributed by atoms with E-state index in [4.69, 9.17) is 21.3 Å². The predicted molar refractivity (Wildman–Crippen MR) is 58.8 cm³/mol. The third-order valence-corrected chi connectivity index (χ3v) is 1.84. The first-order chi connectivity index (χ1) is 7.54. The average molecular weight is 246 g/mol. The van der Waals surface area contributed by atoms with Gasteiger partial charge in [-0.05, 0) is 27.2 Å². The van der Waals surface area contributed by atoms with Gasteiger partial charge in [-0.3, -0.25) is 14.4 Å². The van der Waals surface area contributed by atoms with Crippen LogP contribution in [0.2, 0.25) is 0 Å². The Kier molecular flexibility index (Phi) is 5.09. The minimum Gasteiger partial charge on any atom is -0.481 e. The molecule has 0 aromatic rings. The third kappa shape index (κ3) is 5.86. The molecule has 1 unspecified atom stereocenters. The zero-order valence-electron chi connectivity index (χ0n) is 10.1. The Balaban J connectivity index is 4.70. The number of carboxylic acid groups (broad SMARTS) is 1. The van der Waals surface area contributed by atoms with Crippen LogP contribution < -0.4 is 11.5 Å². The molecule has 0 saturated carbocycles. The smallest absolute Gasteiger partial charge is 0.320 e. The van der Waals surface area contributed by atoms with E-state index in [1.165, 1.54) is 0 Å². The Morgan fingerprint density at radius 3 is 2.06 bits per heavy atom. The Bertz CT molecular complexity index is 321. The van der Waals surface area contributed by atoms with E-state index >= 15 is 0 Å². The van der Waals surface area contributed by atoms with Crippen molar-refractivity contribution in [1.29, 1.82) is 0 Å². The van der Waals surface area contributed by atoms with Gasteiger partial charge < -0.3 is 21.3 Å². The number of nitrogens with two attached hydrogens (primary N) is 2. The number of carbonyl (C=O) groups excluding carboxylic acids is 2. The maximum absolute atomic E-state index is 11.5. The highest BCUT2D eigenvalue weighted by Gasteiger charge is 2.33. The molecule has 17 heavy (non-hydrogen) atoms. The first kappa shape index (κ1) is 15.4. The topological polar surface area (TPSA) is 133 Å². The van der Waals surface area contributed by atoms with Crippen LogP contribution >= 0.6 is 0 Å². The van der Waals surface area contributed by atoms with Crippen LogP contribution in [-0.2, 0) is 19.1 Å². The second kappa shape index (κ2) is 5.62. The molecular formula is C10H18N2O5. The molecule has 0 radical (unpaired) electrons. The van der Waals surface area contributed by atoms with Gasteiger partial charge in [-0.2, -0.15) is 0 Å². The van der Waals surface area contributed by atoms with E-state index in [1.54, 1.807) is 20.8 Å². The van der Waals surface area contributed by atoms with Crippen LogP contribution in [0.3, 0.4) is 0 Å². The average Bonchev–Trinajstić information content (AvgIpc) is 2.09. The van der Waals surface area contributed by atoms with Gasteiger partial charge in [0.1, 0.15) is 5.60 Å². The fourth-order valence-corrected chi connectivity index (χ4v) is 1.04. The fourth-order valence-electron chi connectivity index (χ4n) is 1.04. The van der Waals surface area contributed by atoms with Crippen molar-refractivity contribution in [3.8, 4) is 0 Å². The van der Waals surface area contributed by atoms with Crippen LogP contribution in [0.1, 0.15) is 27.2 Å². The molecule has 0 aliphatic carbocycles. The maximum Gasteiger partial charge on any atom is 0.320 e. The minimum atomic E-state index is -1.49. The molecule has 0 heterocycles. The number of primary amides is 1. The van der Waals surface area contributed by atoms with Gasteiger partial charge >= 0.3 is 11.9 Å². The molecule has 0 aliphatic rings. The Labute approximate surface area is 99.1 Å². The van der Waals surface area contributed by atoms with Gasteiger partial charge in [0.15, 0.2) is 5.92 Å². The van der Waals surface area contributed by atoms with Gasteiger partial charge in [-0.1, -0.05) is 0 Å². The first-order valence-corrected chi connectivity index (χ1v) is 5.05. The van der Waals surface area contributed by atoms with Gasteiger partial charge in [0.25, 0.3) is 0 Å². The monoisotopic (exact) mass is 246 g/mol. The van der Waals surface area contributed by atoms with E-state index in [0.29, 0.717) is 0 Å².